The number of nitrogens with zero attached hydrogens (tertiary/aromatic N) is 3. The largest absolute Gasteiger partial charge is 0.478 e. The van der Waals surface area contributed by atoms with Crippen LogP contribution >= 0.6 is 11.3 Å². The number of rotatable bonds is 4. The lowest BCUT2D eigenvalue weighted by molar-refractivity contribution is 0.367. The van der Waals surface area contributed by atoms with Gasteiger partial charge in [-0.2, -0.15) is 10.5 Å². The van der Waals surface area contributed by atoms with E-state index in [-0.39, 0.29) is 23.6 Å². The molecule has 0 fully saturated rings. The van der Waals surface area contributed by atoms with Gasteiger partial charge in [0.25, 0.3) is 5.56 Å². The number of hydrogen-bond donors (Lipinski definition) is 1. The monoisotopic (exact) mass is 388 g/mol. The van der Waals surface area contributed by atoms with E-state index < -0.39 is 0 Å². The molecule has 28 heavy (non-hydrogen) atoms. The van der Waals surface area contributed by atoms with E-state index in [9.17, 15) is 10.1 Å². The topological polar surface area (TPSA) is 103 Å². The number of nitriles is 2. The van der Waals surface area contributed by atoms with Gasteiger partial charge in [0.2, 0.25) is 0 Å². The highest BCUT2D eigenvalue weighted by Crippen LogP contribution is 2.34. The van der Waals surface area contributed by atoms with Gasteiger partial charge < -0.3 is 9.72 Å². The Morgan fingerprint density at radius 1 is 1.29 bits per heavy atom. The van der Waals surface area contributed by atoms with Crippen molar-refractivity contribution in [2.45, 2.75) is 25.7 Å². The van der Waals surface area contributed by atoms with Crippen LogP contribution in [0, 0.1) is 22.7 Å². The zero-order valence-corrected chi connectivity index (χ0v) is 15.8. The molecule has 2 aromatic heterocycles. The van der Waals surface area contributed by atoms with E-state index in [4.69, 9.17) is 10.00 Å². The maximum absolute atomic E-state index is 12.7. The van der Waals surface area contributed by atoms with Crippen LogP contribution in [0.25, 0.3) is 21.9 Å². The predicted molar refractivity (Wildman–Crippen MR) is 108 cm³/mol. The molecule has 0 radical (unpaired) electrons. The van der Waals surface area contributed by atoms with Gasteiger partial charge in [0.15, 0.2) is 12.4 Å². The van der Waals surface area contributed by atoms with Crippen LogP contribution in [0.2, 0.25) is 0 Å². The average molecular weight is 388 g/mol. The van der Waals surface area contributed by atoms with Gasteiger partial charge in [0.1, 0.15) is 22.7 Å². The molecule has 1 aliphatic carbocycles. The number of allylic oxidation sites excluding steroid dienone is 1. The summed E-state index contributed by atoms with van der Waals surface area (Å²) >= 11 is 1.55. The summed E-state index contributed by atoms with van der Waals surface area (Å²) in [7, 11) is 0. The molecule has 2 heterocycles. The summed E-state index contributed by atoms with van der Waals surface area (Å²) in [6, 6.07) is 11.2. The Morgan fingerprint density at radius 2 is 2.11 bits per heavy atom. The number of benzene rings is 1. The van der Waals surface area contributed by atoms with Crippen LogP contribution in [0.4, 0.5) is 0 Å². The SMILES string of the molecule is N#CCOc1ccccc1/C=C(\C#N)c1nc2sc3c(c2c(=O)[nH]1)CCCC3. The molecular formula is C21H16N4O2S. The normalized spacial score (nSPS) is 13.6. The maximum Gasteiger partial charge on any atom is 0.260 e. The summed E-state index contributed by atoms with van der Waals surface area (Å²) in [5.41, 5.74) is 1.79. The lowest BCUT2D eigenvalue weighted by Crippen LogP contribution is -2.12. The molecule has 3 aromatic rings. The summed E-state index contributed by atoms with van der Waals surface area (Å²) in [4.78, 5) is 22.0. The van der Waals surface area contributed by atoms with E-state index in [0.717, 1.165) is 31.2 Å². The highest BCUT2D eigenvalue weighted by Gasteiger charge is 2.20. The third-order valence-electron chi connectivity index (χ3n) is 4.71. The molecule has 0 unspecified atom stereocenters. The molecule has 0 aliphatic heterocycles. The standard InChI is InChI=1S/C21H16N4O2S/c22-9-10-27-16-7-3-1-5-13(16)11-14(12-23)19-24-20(26)18-15-6-2-4-8-17(15)28-21(18)25-19/h1,3,5,7,11H,2,4,6,8,10H2,(H,24,25,26)/b14-11+. The lowest BCUT2D eigenvalue weighted by atomic mass is 9.97. The van der Waals surface area contributed by atoms with E-state index >= 15 is 0 Å². The first-order valence-electron chi connectivity index (χ1n) is 8.96. The number of para-hydroxylation sites is 1. The maximum atomic E-state index is 12.7. The molecule has 138 valence electrons. The molecule has 4 rings (SSSR count). The number of aromatic amines is 1. The van der Waals surface area contributed by atoms with Crippen molar-refractivity contribution < 1.29 is 4.74 Å². The summed E-state index contributed by atoms with van der Waals surface area (Å²) in [6.07, 6.45) is 5.72. The van der Waals surface area contributed by atoms with Gasteiger partial charge >= 0.3 is 0 Å². The second-order valence-electron chi connectivity index (χ2n) is 6.46. The van der Waals surface area contributed by atoms with Gasteiger partial charge in [-0.3, -0.25) is 4.79 Å². The molecule has 1 N–H and O–H groups in total. The lowest BCUT2D eigenvalue weighted by Gasteiger charge is -2.09. The summed E-state index contributed by atoms with van der Waals surface area (Å²) < 4.78 is 5.41. The molecule has 1 aromatic carbocycles. The van der Waals surface area contributed by atoms with Gasteiger partial charge in [0.05, 0.1) is 11.0 Å². The minimum Gasteiger partial charge on any atom is -0.478 e. The van der Waals surface area contributed by atoms with Crippen molar-refractivity contribution in [1.29, 1.82) is 10.5 Å². The van der Waals surface area contributed by atoms with E-state index in [1.807, 2.05) is 12.1 Å². The number of fused-ring (bicyclic) bond motifs is 3. The van der Waals surface area contributed by atoms with E-state index in [1.165, 1.54) is 4.88 Å². The number of nitrogens with one attached hydrogen (secondary N) is 1. The molecule has 0 atom stereocenters. The second-order valence-corrected chi connectivity index (χ2v) is 7.54. The summed E-state index contributed by atoms with van der Waals surface area (Å²) in [6.45, 7) is -0.0888. The van der Waals surface area contributed by atoms with Crippen LogP contribution in [0.5, 0.6) is 5.75 Å². The molecule has 1 aliphatic rings. The highest BCUT2D eigenvalue weighted by atomic mass is 32.1. The second kappa shape index (κ2) is 7.67. The molecule has 0 spiro atoms. The Balaban J connectivity index is 1.80. The van der Waals surface area contributed by atoms with Crippen LogP contribution < -0.4 is 10.3 Å². The Morgan fingerprint density at radius 3 is 2.93 bits per heavy atom. The fourth-order valence-electron chi connectivity index (χ4n) is 3.44. The Hall–Kier alpha value is -3.42. The van der Waals surface area contributed by atoms with Crippen molar-refractivity contribution in [2.75, 3.05) is 6.61 Å². The Kier molecular flexibility index (Phi) is 4.92. The van der Waals surface area contributed by atoms with Gasteiger partial charge in [-0.1, -0.05) is 18.2 Å². The number of hydrogen-bond acceptors (Lipinski definition) is 6. The van der Waals surface area contributed by atoms with Crippen molar-refractivity contribution in [3.05, 3.63) is 56.4 Å². The molecular weight excluding hydrogens is 372 g/mol. The zero-order valence-electron chi connectivity index (χ0n) is 15.0. The van der Waals surface area contributed by atoms with Gasteiger partial charge in [0, 0.05) is 10.4 Å². The van der Waals surface area contributed by atoms with Crippen molar-refractivity contribution in [3.63, 3.8) is 0 Å². The third kappa shape index (κ3) is 3.28. The van der Waals surface area contributed by atoms with E-state index in [1.54, 1.807) is 35.6 Å². The molecule has 7 heteroatoms. The summed E-state index contributed by atoms with van der Waals surface area (Å²) in [5, 5.41) is 19.1. The van der Waals surface area contributed by atoms with Crippen LogP contribution in [-0.4, -0.2) is 16.6 Å². The predicted octanol–water partition coefficient (Wildman–Crippen LogP) is 3.83. The van der Waals surface area contributed by atoms with Gasteiger partial charge in [-0.15, -0.1) is 11.3 Å². The Labute approximate surface area is 165 Å². The minimum absolute atomic E-state index is 0.0888. The van der Waals surface area contributed by atoms with Crippen molar-refractivity contribution in [1.82, 2.24) is 9.97 Å². The molecule has 0 saturated carbocycles. The van der Waals surface area contributed by atoms with Crippen molar-refractivity contribution >= 4 is 33.2 Å². The van der Waals surface area contributed by atoms with Crippen molar-refractivity contribution in [2.24, 2.45) is 0 Å². The molecule has 0 amide bonds. The molecule has 0 saturated heterocycles. The van der Waals surface area contributed by atoms with Crippen LogP contribution in [0.3, 0.4) is 0 Å². The average Bonchev–Trinajstić information content (AvgIpc) is 3.10. The first-order chi connectivity index (χ1) is 13.7. The third-order valence-corrected chi connectivity index (χ3v) is 5.90. The van der Waals surface area contributed by atoms with Gasteiger partial charge in [-0.25, -0.2) is 4.98 Å². The van der Waals surface area contributed by atoms with E-state index in [0.29, 0.717) is 21.5 Å². The number of aromatic nitrogens is 2. The van der Waals surface area contributed by atoms with Gasteiger partial charge in [-0.05, 0) is 43.4 Å². The number of thiophene rings is 1. The fraction of sp³-hybridized carbons (Fsp3) is 0.238. The summed E-state index contributed by atoms with van der Waals surface area (Å²) in [5.74, 6) is 0.737. The Bertz CT molecular complexity index is 1220. The number of H-pyrrole nitrogens is 1. The molecule has 6 nitrogen and oxygen atoms in total. The first kappa shape index (κ1) is 18.0. The van der Waals surface area contributed by atoms with Crippen LogP contribution in [-0.2, 0) is 12.8 Å². The fourth-order valence-corrected chi connectivity index (χ4v) is 4.70. The van der Waals surface area contributed by atoms with Crippen molar-refractivity contribution in [3.8, 4) is 17.9 Å². The number of ether oxygens (including phenoxy) is 1. The highest BCUT2D eigenvalue weighted by molar-refractivity contribution is 7.18. The van der Waals surface area contributed by atoms with Crippen LogP contribution in [0.1, 0.15) is 34.7 Å². The minimum atomic E-state index is -0.199. The van der Waals surface area contributed by atoms with Crippen LogP contribution in [0.15, 0.2) is 29.1 Å². The smallest absolute Gasteiger partial charge is 0.260 e. The zero-order chi connectivity index (χ0) is 19.5. The van der Waals surface area contributed by atoms with E-state index in [2.05, 4.69) is 16.0 Å². The molecule has 0 bridgehead atoms. The number of aryl methyl sites for hydroxylation is 2. The first-order valence-corrected chi connectivity index (χ1v) is 9.78. The quantitative estimate of drug-likeness (QED) is 0.684.